The van der Waals surface area contributed by atoms with Crippen molar-refractivity contribution < 1.29 is 4.74 Å². The number of nitrogens with zero attached hydrogens (tertiary/aromatic N) is 2. The van der Waals surface area contributed by atoms with Crippen LogP contribution < -0.4 is 11.3 Å². The summed E-state index contributed by atoms with van der Waals surface area (Å²) >= 11 is 1.23. The first-order valence-corrected chi connectivity index (χ1v) is 6.57. The van der Waals surface area contributed by atoms with Crippen LogP contribution in [0, 0.1) is 0 Å². The van der Waals surface area contributed by atoms with Gasteiger partial charge in [0.15, 0.2) is 0 Å². The third-order valence-electron chi connectivity index (χ3n) is 2.52. The van der Waals surface area contributed by atoms with Crippen molar-refractivity contribution in [2.75, 3.05) is 12.0 Å². The highest BCUT2D eigenvalue weighted by Gasteiger charge is 2.05. The van der Waals surface area contributed by atoms with Gasteiger partial charge in [-0.3, -0.25) is 0 Å². The van der Waals surface area contributed by atoms with Crippen LogP contribution in [0.1, 0.15) is 17.7 Å². The zero-order valence-electron chi connectivity index (χ0n) is 10.0. The minimum absolute atomic E-state index is 0.449. The predicted octanol–water partition coefficient (Wildman–Crippen LogP) is 1.97. The fourth-order valence-corrected chi connectivity index (χ4v) is 2.08. The van der Waals surface area contributed by atoms with Crippen LogP contribution in [0.4, 0.5) is 5.00 Å². The van der Waals surface area contributed by atoms with E-state index in [1.165, 1.54) is 17.1 Å². The van der Waals surface area contributed by atoms with E-state index in [9.17, 15) is 0 Å². The van der Waals surface area contributed by atoms with E-state index in [-0.39, 0.29) is 0 Å². The van der Waals surface area contributed by atoms with E-state index in [0.29, 0.717) is 13.2 Å². The number of anilines is 1. The lowest BCUT2D eigenvalue weighted by Crippen LogP contribution is -2.08. The van der Waals surface area contributed by atoms with Crippen molar-refractivity contribution in [3.8, 4) is 0 Å². The summed E-state index contributed by atoms with van der Waals surface area (Å²) in [6, 6.07) is 10.4. The number of hydrazine groups is 1. The molecule has 2 rings (SSSR count). The Bertz CT molecular complexity index is 460. The molecule has 0 aliphatic heterocycles. The number of aryl methyl sites for hydroxylation is 1. The highest BCUT2D eigenvalue weighted by molar-refractivity contribution is 7.10. The molecule has 0 fully saturated rings. The summed E-state index contributed by atoms with van der Waals surface area (Å²) in [5.74, 6) is 5.33. The van der Waals surface area contributed by atoms with Gasteiger partial charge in [0.2, 0.25) is 0 Å². The largest absolute Gasteiger partial charge is 0.375 e. The molecule has 1 heterocycles. The molecular weight excluding hydrogens is 248 g/mol. The zero-order chi connectivity index (χ0) is 12.6. The Morgan fingerprint density at radius 3 is 2.89 bits per heavy atom. The molecule has 5 nitrogen and oxygen atoms in total. The van der Waals surface area contributed by atoms with E-state index < -0.39 is 0 Å². The molecule has 96 valence electrons. The highest BCUT2D eigenvalue weighted by atomic mass is 32.1. The number of hydrogen-bond acceptors (Lipinski definition) is 6. The number of nitrogen functional groups attached to an aromatic ring is 1. The third kappa shape index (κ3) is 3.76. The van der Waals surface area contributed by atoms with E-state index in [0.717, 1.165) is 23.5 Å². The SMILES string of the molecule is NNc1snnc1COCCCc1ccccc1. The molecular formula is C12H16N4OS. The summed E-state index contributed by atoms with van der Waals surface area (Å²) in [6.45, 7) is 1.15. The summed E-state index contributed by atoms with van der Waals surface area (Å²) in [4.78, 5) is 0. The van der Waals surface area contributed by atoms with Gasteiger partial charge in [0.25, 0.3) is 0 Å². The van der Waals surface area contributed by atoms with Crippen LogP contribution in [0.5, 0.6) is 0 Å². The standard InChI is InChI=1S/C12H16N4OS/c13-14-12-11(15-16-18-12)9-17-8-4-7-10-5-2-1-3-6-10/h1-3,5-6,14H,4,7-9,13H2. The Morgan fingerprint density at radius 1 is 1.28 bits per heavy atom. The van der Waals surface area contributed by atoms with Gasteiger partial charge in [-0.25, -0.2) is 5.84 Å². The topological polar surface area (TPSA) is 73.1 Å². The maximum absolute atomic E-state index is 5.55. The van der Waals surface area contributed by atoms with E-state index in [1.807, 2.05) is 6.07 Å². The van der Waals surface area contributed by atoms with E-state index in [2.05, 4.69) is 39.3 Å². The molecule has 0 saturated carbocycles. The molecule has 0 radical (unpaired) electrons. The van der Waals surface area contributed by atoms with Crippen LogP contribution in [-0.4, -0.2) is 16.2 Å². The molecule has 2 aromatic rings. The molecule has 0 aliphatic carbocycles. The molecule has 0 spiro atoms. The number of ether oxygens (including phenoxy) is 1. The summed E-state index contributed by atoms with van der Waals surface area (Å²) in [6.07, 6.45) is 2.02. The maximum atomic E-state index is 5.55. The van der Waals surface area contributed by atoms with Crippen LogP contribution in [0.15, 0.2) is 30.3 Å². The lowest BCUT2D eigenvalue weighted by Gasteiger charge is -2.03. The van der Waals surface area contributed by atoms with Gasteiger partial charge in [-0.05, 0) is 18.4 Å². The van der Waals surface area contributed by atoms with E-state index in [1.54, 1.807) is 0 Å². The van der Waals surface area contributed by atoms with Crippen molar-refractivity contribution in [1.29, 1.82) is 0 Å². The molecule has 1 aromatic carbocycles. The van der Waals surface area contributed by atoms with Gasteiger partial charge in [-0.1, -0.05) is 34.8 Å². The molecule has 0 aliphatic rings. The van der Waals surface area contributed by atoms with Gasteiger partial charge in [0.05, 0.1) is 6.61 Å². The lowest BCUT2D eigenvalue weighted by atomic mass is 10.1. The average molecular weight is 264 g/mol. The molecule has 1 aromatic heterocycles. The van der Waals surface area contributed by atoms with Gasteiger partial charge in [0, 0.05) is 18.1 Å². The maximum Gasteiger partial charge on any atom is 0.149 e. The van der Waals surface area contributed by atoms with Crippen LogP contribution in [0.2, 0.25) is 0 Å². The fourth-order valence-electron chi connectivity index (χ4n) is 1.60. The quantitative estimate of drug-likeness (QED) is 0.454. The Kier molecular flexibility index (Phi) is 5.07. The van der Waals surface area contributed by atoms with Crippen LogP contribution in [0.3, 0.4) is 0 Å². The predicted molar refractivity (Wildman–Crippen MR) is 72.1 cm³/mol. The number of hydrogen-bond donors (Lipinski definition) is 2. The van der Waals surface area contributed by atoms with Crippen LogP contribution in [-0.2, 0) is 17.8 Å². The number of aromatic nitrogens is 2. The second kappa shape index (κ2) is 7.05. The Labute approximate surface area is 110 Å². The molecule has 0 saturated heterocycles. The van der Waals surface area contributed by atoms with E-state index >= 15 is 0 Å². The molecule has 0 atom stereocenters. The van der Waals surface area contributed by atoms with Crippen molar-refractivity contribution in [2.45, 2.75) is 19.4 Å². The molecule has 0 amide bonds. The Balaban J connectivity index is 1.65. The van der Waals surface area contributed by atoms with Crippen molar-refractivity contribution in [3.05, 3.63) is 41.6 Å². The minimum atomic E-state index is 0.449. The number of benzene rings is 1. The summed E-state index contributed by atoms with van der Waals surface area (Å²) in [5.41, 5.74) is 4.66. The van der Waals surface area contributed by atoms with Gasteiger partial charge < -0.3 is 10.2 Å². The highest BCUT2D eigenvalue weighted by Crippen LogP contribution is 2.16. The fraction of sp³-hybridized carbons (Fsp3) is 0.333. The molecule has 3 N–H and O–H groups in total. The number of nitrogens with one attached hydrogen (secondary N) is 1. The molecule has 0 unspecified atom stereocenters. The average Bonchev–Trinajstić information content (AvgIpc) is 2.87. The second-order valence-electron chi connectivity index (χ2n) is 3.83. The first-order valence-electron chi connectivity index (χ1n) is 5.79. The second-order valence-corrected chi connectivity index (χ2v) is 4.59. The Morgan fingerprint density at radius 2 is 2.11 bits per heavy atom. The number of nitrogens with two attached hydrogens (primary N) is 1. The summed E-state index contributed by atoms with van der Waals surface area (Å²) in [7, 11) is 0. The van der Waals surface area contributed by atoms with Gasteiger partial charge in [-0.15, -0.1) is 5.10 Å². The van der Waals surface area contributed by atoms with Crippen molar-refractivity contribution in [3.63, 3.8) is 0 Å². The van der Waals surface area contributed by atoms with Crippen molar-refractivity contribution in [2.24, 2.45) is 5.84 Å². The number of rotatable bonds is 7. The monoisotopic (exact) mass is 264 g/mol. The van der Waals surface area contributed by atoms with Gasteiger partial charge >= 0.3 is 0 Å². The molecule has 0 bridgehead atoms. The zero-order valence-corrected chi connectivity index (χ0v) is 10.8. The van der Waals surface area contributed by atoms with Gasteiger partial charge in [0.1, 0.15) is 10.7 Å². The van der Waals surface area contributed by atoms with Crippen LogP contribution >= 0.6 is 11.5 Å². The summed E-state index contributed by atoms with van der Waals surface area (Å²) in [5, 5.41) is 4.71. The normalized spacial score (nSPS) is 10.5. The minimum Gasteiger partial charge on any atom is -0.375 e. The smallest absolute Gasteiger partial charge is 0.149 e. The van der Waals surface area contributed by atoms with Crippen LogP contribution in [0.25, 0.3) is 0 Å². The first-order chi connectivity index (χ1) is 8.90. The Hall–Kier alpha value is -1.50. The van der Waals surface area contributed by atoms with Crippen molar-refractivity contribution >= 4 is 16.5 Å². The third-order valence-corrected chi connectivity index (χ3v) is 3.22. The summed E-state index contributed by atoms with van der Waals surface area (Å²) < 4.78 is 9.36. The molecule has 6 heteroatoms. The first kappa shape index (κ1) is 12.9. The van der Waals surface area contributed by atoms with Gasteiger partial charge in [-0.2, -0.15) is 0 Å². The van der Waals surface area contributed by atoms with E-state index in [4.69, 9.17) is 10.6 Å². The molecule has 18 heavy (non-hydrogen) atoms. The van der Waals surface area contributed by atoms with Crippen molar-refractivity contribution in [1.82, 2.24) is 9.59 Å². The lowest BCUT2D eigenvalue weighted by molar-refractivity contribution is 0.116.